The molecule has 0 fully saturated rings. The fraction of sp³-hybridized carbons (Fsp3) is 0.455. The van der Waals surface area contributed by atoms with Gasteiger partial charge in [0.25, 0.3) is 0 Å². The molecule has 0 aromatic carbocycles. The number of nitrogens with zero attached hydrogens (tertiary/aromatic N) is 2. The zero-order valence-corrected chi connectivity index (χ0v) is 9.04. The first kappa shape index (κ1) is 10.7. The molecule has 0 radical (unpaired) electrons. The van der Waals surface area contributed by atoms with Gasteiger partial charge in [-0.1, -0.05) is 13.0 Å². The Morgan fingerprint density at radius 2 is 2.14 bits per heavy atom. The molecule has 0 aliphatic heterocycles. The molecule has 1 aromatic rings. The number of amidine groups is 1. The largest absolute Gasteiger partial charge is 0.382 e. The number of nitrogens with two attached hydrogens (primary N) is 1. The predicted molar refractivity (Wildman–Crippen MR) is 59.6 cm³/mol. The highest BCUT2D eigenvalue weighted by molar-refractivity contribution is 5.95. The van der Waals surface area contributed by atoms with Crippen LogP contribution in [0.25, 0.3) is 0 Å². The molecule has 3 nitrogen and oxygen atoms in total. The smallest absolute Gasteiger partial charge is 0.144 e. The molecule has 0 saturated carbocycles. The third kappa shape index (κ3) is 2.55. The van der Waals surface area contributed by atoms with Crippen molar-refractivity contribution < 1.29 is 0 Å². The zero-order chi connectivity index (χ0) is 10.6. The Morgan fingerprint density at radius 1 is 1.43 bits per heavy atom. The summed E-state index contributed by atoms with van der Waals surface area (Å²) < 4.78 is 0. The number of pyridine rings is 1. The lowest BCUT2D eigenvalue weighted by molar-refractivity contribution is 0.928. The molecule has 1 heterocycles. The molecule has 0 saturated heterocycles. The van der Waals surface area contributed by atoms with E-state index in [0.717, 1.165) is 24.4 Å². The number of aromatic nitrogens is 1. The Bertz CT molecular complexity index is 342. The van der Waals surface area contributed by atoms with Crippen LogP contribution >= 0.6 is 0 Å². The molecule has 3 heteroatoms. The van der Waals surface area contributed by atoms with Crippen molar-refractivity contribution in [1.29, 1.82) is 0 Å². The number of aliphatic imine (C=N–C) groups is 1. The van der Waals surface area contributed by atoms with Gasteiger partial charge in [0.05, 0.1) is 0 Å². The van der Waals surface area contributed by atoms with Crippen molar-refractivity contribution in [2.24, 2.45) is 10.7 Å². The van der Waals surface area contributed by atoms with Gasteiger partial charge in [0.2, 0.25) is 0 Å². The van der Waals surface area contributed by atoms with Crippen LogP contribution in [0.2, 0.25) is 0 Å². The normalized spacial score (nSPS) is 11.8. The van der Waals surface area contributed by atoms with Crippen molar-refractivity contribution >= 4 is 5.84 Å². The van der Waals surface area contributed by atoms with E-state index < -0.39 is 0 Å². The maximum Gasteiger partial charge on any atom is 0.144 e. The predicted octanol–water partition coefficient (Wildman–Crippen LogP) is 1.81. The molecular formula is C11H17N3. The van der Waals surface area contributed by atoms with Crippen LogP contribution in [0.3, 0.4) is 0 Å². The van der Waals surface area contributed by atoms with Crippen LogP contribution in [0.4, 0.5) is 0 Å². The first-order chi connectivity index (χ1) is 6.65. The van der Waals surface area contributed by atoms with E-state index in [0.29, 0.717) is 5.84 Å². The highest BCUT2D eigenvalue weighted by atomic mass is 14.9. The van der Waals surface area contributed by atoms with E-state index in [2.05, 4.69) is 16.9 Å². The average molecular weight is 191 g/mol. The Labute approximate surface area is 85.1 Å². The fourth-order valence-corrected chi connectivity index (χ4v) is 1.09. The minimum atomic E-state index is 0.537. The van der Waals surface area contributed by atoms with Gasteiger partial charge < -0.3 is 5.73 Å². The molecule has 76 valence electrons. The maximum atomic E-state index is 5.79. The molecule has 1 aromatic heterocycles. The van der Waals surface area contributed by atoms with Crippen molar-refractivity contribution in [3.05, 3.63) is 29.1 Å². The van der Waals surface area contributed by atoms with Crippen molar-refractivity contribution in [2.45, 2.75) is 27.2 Å². The molecule has 0 aliphatic rings. The zero-order valence-electron chi connectivity index (χ0n) is 9.04. The summed E-state index contributed by atoms with van der Waals surface area (Å²) in [6.45, 7) is 6.85. The second-order valence-corrected chi connectivity index (χ2v) is 3.37. The maximum absolute atomic E-state index is 5.79. The van der Waals surface area contributed by atoms with Gasteiger partial charge >= 0.3 is 0 Å². The fourth-order valence-electron chi connectivity index (χ4n) is 1.09. The van der Waals surface area contributed by atoms with Crippen LogP contribution in [0.5, 0.6) is 0 Å². The van der Waals surface area contributed by atoms with Gasteiger partial charge in [0.15, 0.2) is 0 Å². The second kappa shape index (κ2) is 4.74. The lowest BCUT2D eigenvalue weighted by atomic mass is 10.2. The van der Waals surface area contributed by atoms with Crippen LogP contribution in [0.15, 0.2) is 17.1 Å². The van der Waals surface area contributed by atoms with Gasteiger partial charge in [-0.25, -0.2) is 4.98 Å². The highest BCUT2D eigenvalue weighted by Gasteiger charge is 2.01. The van der Waals surface area contributed by atoms with Crippen molar-refractivity contribution in [2.75, 3.05) is 6.54 Å². The first-order valence-electron chi connectivity index (χ1n) is 4.89. The Hall–Kier alpha value is -1.38. The molecule has 0 unspecified atom stereocenters. The van der Waals surface area contributed by atoms with E-state index in [9.17, 15) is 0 Å². The van der Waals surface area contributed by atoms with E-state index >= 15 is 0 Å². The molecule has 14 heavy (non-hydrogen) atoms. The van der Waals surface area contributed by atoms with Crippen LogP contribution in [-0.2, 0) is 0 Å². The topological polar surface area (TPSA) is 51.3 Å². The monoisotopic (exact) mass is 191 g/mol. The van der Waals surface area contributed by atoms with Crippen molar-refractivity contribution in [3.63, 3.8) is 0 Å². The van der Waals surface area contributed by atoms with Crippen LogP contribution < -0.4 is 5.73 Å². The van der Waals surface area contributed by atoms with Gasteiger partial charge in [-0.05, 0) is 31.9 Å². The summed E-state index contributed by atoms with van der Waals surface area (Å²) in [5, 5.41) is 0. The van der Waals surface area contributed by atoms with Crippen LogP contribution in [0.1, 0.15) is 30.3 Å². The molecule has 2 N–H and O–H groups in total. The number of aryl methyl sites for hydroxylation is 2. The number of rotatable bonds is 3. The minimum absolute atomic E-state index is 0.537. The number of hydrogen-bond donors (Lipinski definition) is 1. The van der Waals surface area contributed by atoms with Gasteiger partial charge in [0, 0.05) is 12.2 Å². The summed E-state index contributed by atoms with van der Waals surface area (Å²) >= 11 is 0. The van der Waals surface area contributed by atoms with Gasteiger partial charge in [-0.2, -0.15) is 0 Å². The van der Waals surface area contributed by atoms with E-state index in [1.807, 2.05) is 26.0 Å². The Kier molecular flexibility index (Phi) is 3.63. The van der Waals surface area contributed by atoms with Gasteiger partial charge in [0.1, 0.15) is 11.5 Å². The van der Waals surface area contributed by atoms with Crippen LogP contribution in [-0.4, -0.2) is 17.4 Å². The Balaban J connectivity index is 2.91. The lowest BCUT2D eigenvalue weighted by Crippen LogP contribution is -2.16. The summed E-state index contributed by atoms with van der Waals surface area (Å²) in [7, 11) is 0. The van der Waals surface area contributed by atoms with E-state index in [1.54, 1.807) is 0 Å². The standard InChI is InChI=1S/C11H17N3/c1-4-7-13-11(12)10-6-5-8(2)9(3)14-10/h5-6H,4,7H2,1-3H3,(H2,12,13). The molecular weight excluding hydrogens is 174 g/mol. The van der Waals surface area contributed by atoms with Crippen molar-refractivity contribution in [3.8, 4) is 0 Å². The highest BCUT2D eigenvalue weighted by Crippen LogP contribution is 2.04. The SMILES string of the molecule is CCCN=C(N)c1ccc(C)c(C)n1. The summed E-state index contributed by atoms with van der Waals surface area (Å²) in [5.41, 5.74) is 8.76. The molecule has 0 spiro atoms. The molecule has 0 bridgehead atoms. The average Bonchev–Trinajstić information content (AvgIpc) is 2.18. The van der Waals surface area contributed by atoms with Crippen molar-refractivity contribution in [1.82, 2.24) is 4.98 Å². The van der Waals surface area contributed by atoms with Gasteiger partial charge in [-0.15, -0.1) is 0 Å². The van der Waals surface area contributed by atoms with E-state index in [-0.39, 0.29) is 0 Å². The van der Waals surface area contributed by atoms with E-state index in [4.69, 9.17) is 5.73 Å². The summed E-state index contributed by atoms with van der Waals surface area (Å²) in [6, 6.07) is 3.93. The quantitative estimate of drug-likeness (QED) is 0.585. The molecule has 1 rings (SSSR count). The third-order valence-electron chi connectivity index (χ3n) is 2.12. The number of hydrogen-bond acceptors (Lipinski definition) is 2. The summed E-state index contributed by atoms with van der Waals surface area (Å²) in [4.78, 5) is 8.59. The first-order valence-corrected chi connectivity index (χ1v) is 4.89. The van der Waals surface area contributed by atoms with Gasteiger partial charge in [-0.3, -0.25) is 4.99 Å². The molecule has 0 aliphatic carbocycles. The Morgan fingerprint density at radius 3 is 2.71 bits per heavy atom. The van der Waals surface area contributed by atoms with E-state index in [1.165, 1.54) is 5.56 Å². The molecule has 0 atom stereocenters. The molecule has 0 amide bonds. The lowest BCUT2D eigenvalue weighted by Gasteiger charge is -2.03. The third-order valence-corrected chi connectivity index (χ3v) is 2.12. The second-order valence-electron chi connectivity index (χ2n) is 3.37. The summed E-state index contributed by atoms with van der Waals surface area (Å²) in [5.74, 6) is 0.537. The minimum Gasteiger partial charge on any atom is -0.382 e. The summed E-state index contributed by atoms with van der Waals surface area (Å²) in [6.07, 6.45) is 1.01. The van der Waals surface area contributed by atoms with Crippen LogP contribution in [0, 0.1) is 13.8 Å².